The molecule has 0 radical (unpaired) electrons. The summed E-state index contributed by atoms with van der Waals surface area (Å²) in [7, 11) is 1.18. The Morgan fingerprint density at radius 1 is 1.26 bits per heavy atom. The van der Waals surface area contributed by atoms with Gasteiger partial charge in [-0.3, -0.25) is 24.3 Å². The van der Waals surface area contributed by atoms with Crippen LogP contribution in [0, 0.1) is 10.1 Å². The topological polar surface area (TPSA) is 154 Å². The molecule has 2 aromatic carbocycles. The van der Waals surface area contributed by atoms with Gasteiger partial charge in [0.2, 0.25) is 5.91 Å². The number of carbonyl (C=O) groups excluding carboxylic acids is 2. The van der Waals surface area contributed by atoms with Crippen molar-refractivity contribution in [3.05, 3.63) is 74.8 Å². The SMILES string of the molecule is COC(=O)[C@H](Cc1ccc(O)cc1)NC(=O)Cn1cnc2ccc([N+](=O)[O-])cc2c1=O. The van der Waals surface area contributed by atoms with Gasteiger partial charge in [0, 0.05) is 18.6 Å². The van der Waals surface area contributed by atoms with Crippen LogP contribution in [-0.4, -0.2) is 44.6 Å². The summed E-state index contributed by atoms with van der Waals surface area (Å²) in [5.74, 6) is -1.27. The number of nitrogens with one attached hydrogen (secondary N) is 1. The van der Waals surface area contributed by atoms with Gasteiger partial charge in [0.15, 0.2) is 0 Å². The van der Waals surface area contributed by atoms with Crippen molar-refractivity contribution < 1.29 is 24.4 Å². The normalized spacial score (nSPS) is 11.6. The van der Waals surface area contributed by atoms with Crippen molar-refractivity contribution in [2.75, 3.05) is 7.11 Å². The number of phenolic OH excluding ortho intramolecular Hbond substituents is 1. The Morgan fingerprint density at radius 3 is 2.61 bits per heavy atom. The number of hydrogen-bond acceptors (Lipinski definition) is 8. The molecular weight excluding hydrogens is 408 g/mol. The van der Waals surface area contributed by atoms with Crippen LogP contribution in [0.4, 0.5) is 5.69 Å². The van der Waals surface area contributed by atoms with Crippen molar-refractivity contribution >= 4 is 28.5 Å². The van der Waals surface area contributed by atoms with E-state index in [1.165, 1.54) is 31.4 Å². The van der Waals surface area contributed by atoms with Gasteiger partial charge in [-0.25, -0.2) is 9.78 Å². The number of hydrogen-bond donors (Lipinski definition) is 2. The van der Waals surface area contributed by atoms with Crippen LogP contribution in [0.15, 0.2) is 53.6 Å². The van der Waals surface area contributed by atoms with Crippen LogP contribution >= 0.6 is 0 Å². The first kappa shape index (κ1) is 21.4. The zero-order chi connectivity index (χ0) is 22.5. The van der Waals surface area contributed by atoms with E-state index in [-0.39, 0.29) is 28.8 Å². The molecule has 1 atom stereocenters. The Hall–Kier alpha value is -4.28. The van der Waals surface area contributed by atoms with E-state index in [9.17, 15) is 29.6 Å². The standard InChI is InChI=1S/C20H18N4O7/c1-31-20(28)17(8-12-2-5-14(25)6-3-12)22-18(26)10-23-11-21-16-7-4-13(24(29)30)9-15(16)19(23)27/h2-7,9,11,17,25H,8,10H2,1H3,(H,22,26)/t17-/m0/s1. The van der Waals surface area contributed by atoms with Crippen molar-refractivity contribution in [2.24, 2.45) is 0 Å². The van der Waals surface area contributed by atoms with Gasteiger partial charge >= 0.3 is 5.97 Å². The number of rotatable bonds is 7. The molecule has 0 fully saturated rings. The van der Waals surface area contributed by atoms with Gasteiger partial charge in [0.1, 0.15) is 18.3 Å². The number of amides is 1. The van der Waals surface area contributed by atoms with Crippen LogP contribution in [-0.2, 0) is 27.3 Å². The lowest BCUT2D eigenvalue weighted by Gasteiger charge is -2.17. The maximum atomic E-state index is 12.6. The average Bonchev–Trinajstić information content (AvgIpc) is 2.76. The Morgan fingerprint density at radius 2 is 1.97 bits per heavy atom. The minimum absolute atomic E-state index is 0.00175. The summed E-state index contributed by atoms with van der Waals surface area (Å²) in [5.41, 5.74) is 0.0302. The summed E-state index contributed by atoms with van der Waals surface area (Å²) >= 11 is 0. The molecule has 0 aliphatic rings. The quantitative estimate of drug-likeness (QED) is 0.321. The molecule has 3 rings (SSSR count). The predicted molar refractivity (Wildman–Crippen MR) is 108 cm³/mol. The molecule has 0 saturated carbocycles. The highest BCUT2D eigenvalue weighted by Crippen LogP contribution is 2.16. The van der Waals surface area contributed by atoms with E-state index in [2.05, 4.69) is 10.3 Å². The molecule has 2 N–H and O–H groups in total. The van der Waals surface area contributed by atoms with Gasteiger partial charge < -0.3 is 15.2 Å². The second kappa shape index (κ2) is 9.03. The summed E-state index contributed by atoms with van der Waals surface area (Å²) in [6, 6.07) is 8.76. The highest BCUT2D eigenvalue weighted by Gasteiger charge is 2.22. The molecule has 1 heterocycles. The number of phenols is 1. The Balaban J connectivity index is 1.80. The number of nitrogens with zero attached hydrogens (tertiary/aromatic N) is 3. The summed E-state index contributed by atoms with van der Waals surface area (Å²) in [4.78, 5) is 51.6. The highest BCUT2D eigenvalue weighted by atomic mass is 16.6. The monoisotopic (exact) mass is 426 g/mol. The zero-order valence-electron chi connectivity index (χ0n) is 16.3. The molecule has 0 aliphatic heterocycles. The van der Waals surface area contributed by atoms with Gasteiger partial charge in [0.25, 0.3) is 11.2 Å². The van der Waals surface area contributed by atoms with E-state index in [1.807, 2.05) is 0 Å². The summed E-state index contributed by atoms with van der Waals surface area (Å²) in [6.45, 7) is -0.451. The van der Waals surface area contributed by atoms with Gasteiger partial charge in [0.05, 0.1) is 29.3 Å². The number of benzene rings is 2. The van der Waals surface area contributed by atoms with Crippen molar-refractivity contribution in [1.29, 1.82) is 0 Å². The molecule has 31 heavy (non-hydrogen) atoms. The number of aromatic nitrogens is 2. The van der Waals surface area contributed by atoms with Crippen molar-refractivity contribution in [2.45, 2.75) is 19.0 Å². The number of non-ortho nitro benzene ring substituents is 1. The van der Waals surface area contributed by atoms with Crippen LogP contribution < -0.4 is 10.9 Å². The molecule has 0 saturated heterocycles. The van der Waals surface area contributed by atoms with Crippen molar-refractivity contribution in [1.82, 2.24) is 14.9 Å². The van der Waals surface area contributed by atoms with Gasteiger partial charge in [-0.2, -0.15) is 0 Å². The highest BCUT2D eigenvalue weighted by molar-refractivity contribution is 5.85. The van der Waals surface area contributed by atoms with Crippen LogP contribution in [0.2, 0.25) is 0 Å². The third-order valence-electron chi connectivity index (χ3n) is 4.53. The van der Waals surface area contributed by atoms with Crippen molar-refractivity contribution in [3.8, 4) is 5.75 Å². The number of carbonyl (C=O) groups is 2. The minimum atomic E-state index is -1.02. The second-order valence-corrected chi connectivity index (χ2v) is 6.65. The van der Waals surface area contributed by atoms with Gasteiger partial charge in [-0.05, 0) is 23.8 Å². The first-order valence-electron chi connectivity index (χ1n) is 9.07. The van der Waals surface area contributed by atoms with Crippen LogP contribution in [0.1, 0.15) is 5.56 Å². The molecule has 11 nitrogen and oxygen atoms in total. The Bertz CT molecular complexity index is 1200. The summed E-state index contributed by atoms with van der Waals surface area (Å²) in [5, 5.41) is 22.8. The van der Waals surface area contributed by atoms with Gasteiger partial charge in [-0.15, -0.1) is 0 Å². The summed E-state index contributed by atoms with van der Waals surface area (Å²) < 4.78 is 5.72. The van der Waals surface area contributed by atoms with E-state index in [4.69, 9.17) is 4.74 Å². The fourth-order valence-electron chi connectivity index (χ4n) is 2.97. The van der Waals surface area contributed by atoms with Crippen LogP contribution in [0.5, 0.6) is 5.75 Å². The maximum Gasteiger partial charge on any atom is 0.328 e. The number of fused-ring (bicyclic) bond motifs is 1. The van der Waals surface area contributed by atoms with E-state index in [1.54, 1.807) is 12.1 Å². The average molecular weight is 426 g/mol. The number of esters is 1. The smallest absolute Gasteiger partial charge is 0.328 e. The first-order chi connectivity index (χ1) is 14.8. The lowest BCUT2D eigenvalue weighted by atomic mass is 10.1. The fourth-order valence-corrected chi connectivity index (χ4v) is 2.97. The molecular formula is C20H18N4O7. The first-order valence-corrected chi connectivity index (χ1v) is 9.07. The van der Waals surface area contributed by atoms with E-state index in [0.29, 0.717) is 5.56 Å². The fraction of sp³-hybridized carbons (Fsp3) is 0.200. The predicted octanol–water partition coefficient (Wildman–Crippen LogP) is 0.911. The Labute approximate surface area is 175 Å². The molecule has 3 aromatic rings. The second-order valence-electron chi connectivity index (χ2n) is 6.65. The third-order valence-corrected chi connectivity index (χ3v) is 4.53. The van der Waals surface area contributed by atoms with E-state index < -0.39 is 34.9 Å². The van der Waals surface area contributed by atoms with E-state index in [0.717, 1.165) is 17.0 Å². The lowest BCUT2D eigenvalue weighted by molar-refractivity contribution is -0.384. The molecule has 0 aliphatic carbocycles. The Kier molecular flexibility index (Phi) is 6.24. The number of nitro groups is 1. The molecule has 1 amide bonds. The van der Waals surface area contributed by atoms with E-state index >= 15 is 0 Å². The number of ether oxygens (including phenoxy) is 1. The molecule has 1 aromatic heterocycles. The lowest BCUT2D eigenvalue weighted by Crippen LogP contribution is -2.45. The molecule has 0 spiro atoms. The van der Waals surface area contributed by atoms with Gasteiger partial charge in [-0.1, -0.05) is 12.1 Å². The summed E-state index contributed by atoms with van der Waals surface area (Å²) in [6.07, 6.45) is 1.26. The maximum absolute atomic E-state index is 12.6. The zero-order valence-corrected chi connectivity index (χ0v) is 16.3. The minimum Gasteiger partial charge on any atom is -0.508 e. The molecule has 11 heteroatoms. The third kappa shape index (κ3) is 5.01. The molecule has 160 valence electrons. The molecule has 0 unspecified atom stereocenters. The number of nitro benzene ring substituents is 1. The van der Waals surface area contributed by atoms with Crippen LogP contribution in [0.3, 0.4) is 0 Å². The number of aromatic hydroxyl groups is 1. The van der Waals surface area contributed by atoms with Crippen molar-refractivity contribution in [3.63, 3.8) is 0 Å². The number of methoxy groups -OCH3 is 1. The molecule has 0 bridgehead atoms. The van der Waals surface area contributed by atoms with Crippen LogP contribution in [0.25, 0.3) is 10.9 Å². The largest absolute Gasteiger partial charge is 0.508 e.